The van der Waals surface area contributed by atoms with E-state index in [1.807, 2.05) is 0 Å². The third-order valence-electron chi connectivity index (χ3n) is 6.38. The van der Waals surface area contributed by atoms with E-state index in [1.54, 1.807) is 6.92 Å². The van der Waals surface area contributed by atoms with Crippen LogP contribution in [0.5, 0.6) is 0 Å². The van der Waals surface area contributed by atoms with Crippen molar-refractivity contribution in [2.24, 2.45) is 0 Å². The molecule has 0 unspecified atom stereocenters. The van der Waals surface area contributed by atoms with Gasteiger partial charge in [0.05, 0.1) is 38.5 Å². The molecule has 0 aliphatic carbocycles. The summed E-state index contributed by atoms with van der Waals surface area (Å²) in [5, 5.41) is 19.1. The number of rotatable bonds is 8. The molecular weight excluding hydrogens is 576 g/mol. The Morgan fingerprint density at radius 3 is 1.44 bits per heavy atom. The fraction of sp³-hybridized carbons (Fsp3) is 0.0645. The topological polar surface area (TPSA) is 166 Å². The first kappa shape index (κ1) is 30.3. The van der Waals surface area contributed by atoms with Gasteiger partial charge in [0.25, 0.3) is 21.8 Å². The number of amides is 3. The minimum atomic E-state index is -4.61. The summed E-state index contributed by atoms with van der Waals surface area (Å²) in [6.07, 6.45) is 0. The third kappa shape index (κ3) is 6.04. The monoisotopic (exact) mass is 600 g/mol. The zero-order valence-corrected chi connectivity index (χ0v) is 23.6. The molecule has 218 valence electrons. The summed E-state index contributed by atoms with van der Waals surface area (Å²) in [6, 6.07) is 20.9. The Bertz CT molecular complexity index is 1870. The number of hydrogen-bond acceptors (Lipinski definition) is 7. The summed E-state index contributed by atoms with van der Waals surface area (Å²) in [4.78, 5) is 63.7. The molecule has 0 atom stereocenters. The molecule has 0 bridgehead atoms. The lowest BCUT2D eigenvalue weighted by Gasteiger charge is -2.25. The standard InChI is InChI=1S/C31H24N2O9S/c1-19-11-17-23(18-12-19)43(41,42)33(29(36)25-8-4-6-10-27(25)31(39)40)22-15-13-21(14-16-22)32(20(2)34)28(35)24-7-3-5-9-26(24)30(37)38/h3-18H,1-2H3,(H,37,38)(H,39,40). The lowest BCUT2D eigenvalue weighted by atomic mass is 10.1. The van der Waals surface area contributed by atoms with Gasteiger partial charge in [-0.15, -0.1) is 0 Å². The summed E-state index contributed by atoms with van der Waals surface area (Å²) in [7, 11) is -4.61. The van der Waals surface area contributed by atoms with E-state index in [4.69, 9.17) is 0 Å². The van der Waals surface area contributed by atoms with E-state index in [1.165, 1.54) is 97.1 Å². The van der Waals surface area contributed by atoms with E-state index in [0.29, 0.717) is 9.21 Å². The highest BCUT2D eigenvalue weighted by Gasteiger charge is 2.34. The van der Waals surface area contributed by atoms with Crippen LogP contribution in [-0.4, -0.2) is 48.3 Å². The summed E-state index contributed by atoms with van der Waals surface area (Å²) >= 11 is 0. The first-order valence-corrected chi connectivity index (χ1v) is 14.0. The number of hydrogen-bond donors (Lipinski definition) is 2. The van der Waals surface area contributed by atoms with Crippen LogP contribution in [0.4, 0.5) is 11.4 Å². The molecule has 0 aliphatic heterocycles. The van der Waals surface area contributed by atoms with Gasteiger partial charge in [-0.1, -0.05) is 42.0 Å². The van der Waals surface area contributed by atoms with Crippen LogP contribution in [0.25, 0.3) is 0 Å². The van der Waals surface area contributed by atoms with Crippen molar-refractivity contribution >= 4 is 51.1 Å². The highest BCUT2D eigenvalue weighted by Crippen LogP contribution is 2.30. The lowest BCUT2D eigenvalue weighted by Crippen LogP contribution is -2.38. The van der Waals surface area contributed by atoms with E-state index in [0.717, 1.165) is 12.5 Å². The molecular formula is C31H24N2O9S. The molecule has 4 rings (SSSR count). The number of anilines is 2. The second kappa shape index (κ2) is 12.1. The van der Waals surface area contributed by atoms with E-state index in [9.17, 15) is 42.6 Å². The molecule has 3 amide bonds. The Balaban J connectivity index is 1.84. The molecule has 0 radical (unpaired) electrons. The smallest absolute Gasteiger partial charge is 0.336 e. The number of sulfonamides is 1. The van der Waals surface area contributed by atoms with Gasteiger partial charge in [0.2, 0.25) is 5.91 Å². The minimum absolute atomic E-state index is 0.0347. The second-order valence-electron chi connectivity index (χ2n) is 9.27. The van der Waals surface area contributed by atoms with Crippen molar-refractivity contribution in [3.8, 4) is 0 Å². The van der Waals surface area contributed by atoms with Crippen LogP contribution in [0.2, 0.25) is 0 Å². The fourth-order valence-corrected chi connectivity index (χ4v) is 5.71. The highest BCUT2D eigenvalue weighted by atomic mass is 32.2. The number of aromatic carboxylic acids is 2. The maximum atomic E-state index is 13.8. The van der Waals surface area contributed by atoms with Gasteiger partial charge in [0, 0.05) is 6.92 Å². The summed E-state index contributed by atoms with van der Waals surface area (Å²) < 4.78 is 28.1. The normalized spacial score (nSPS) is 10.9. The van der Waals surface area contributed by atoms with Gasteiger partial charge in [0.1, 0.15) is 0 Å². The number of imide groups is 1. The average molecular weight is 601 g/mol. The van der Waals surface area contributed by atoms with Crippen molar-refractivity contribution < 1.29 is 42.6 Å². The fourth-order valence-electron chi connectivity index (χ4n) is 4.30. The van der Waals surface area contributed by atoms with Crippen molar-refractivity contribution in [3.05, 3.63) is 125 Å². The zero-order valence-electron chi connectivity index (χ0n) is 22.8. The molecule has 0 saturated heterocycles. The van der Waals surface area contributed by atoms with Crippen LogP contribution in [-0.2, 0) is 14.8 Å². The predicted octanol–water partition coefficient (Wildman–Crippen LogP) is 4.62. The van der Waals surface area contributed by atoms with Gasteiger partial charge in [0.15, 0.2) is 0 Å². The highest BCUT2D eigenvalue weighted by molar-refractivity contribution is 7.93. The first-order valence-electron chi connectivity index (χ1n) is 12.6. The van der Waals surface area contributed by atoms with Gasteiger partial charge in [-0.2, -0.15) is 4.31 Å². The van der Waals surface area contributed by atoms with Crippen molar-refractivity contribution in [1.82, 2.24) is 0 Å². The third-order valence-corrected chi connectivity index (χ3v) is 8.11. The Kier molecular flexibility index (Phi) is 8.53. The number of aryl methyl sites for hydroxylation is 1. The van der Waals surface area contributed by atoms with Gasteiger partial charge < -0.3 is 10.2 Å². The predicted molar refractivity (Wildman–Crippen MR) is 156 cm³/mol. The van der Waals surface area contributed by atoms with Crippen LogP contribution in [0.1, 0.15) is 53.9 Å². The summed E-state index contributed by atoms with van der Waals surface area (Å²) in [5.41, 5.74) is -0.870. The quantitative estimate of drug-likeness (QED) is 0.293. The van der Waals surface area contributed by atoms with Crippen molar-refractivity contribution in [2.75, 3.05) is 9.21 Å². The maximum absolute atomic E-state index is 13.8. The number of carbonyl (C=O) groups excluding carboxylic acids is 3. The van der Waals surface area contributed by atoms with Crippen LogP contribution in [0, 0.1) is 6.92 Å². The molecule has 12 heteroatoms. The van der Waals surface area contributed by atoms with E-state index in [2.05, 4.69) is 0 Å². The molecule has 2 N–H and O–H groups in total. The molecule has 0 aliphatic rings. The van der Waals surface area contributed by atoms with Crippen molar-refractivity contribution in [1.29, 1.82) is 0 Å². The number of benzene rings is 4. The van der Waals surface area contributed by atoms with E-state index < -0.39 is 45.2 Å². The summed E-state index contributed by atoms with van der Waals surface area (Å²) in [6.45, 7) is 2.84. The lowest BCUT2D eigenvalue weighted by molar-refractivity contribution is -0.116. The average Bonchev–Trinajstić information content (AvgIpc) is 2.98. The number of carboxylic acids is 2. The van der Waals surface area contributed by atoms with Crippen LogP contribution < -0.4 is 9.21 Å². The van der Waals surface area contributed by atoms with Crippen LogP contribution >= 0.6 is 0 Å². The van der Waals surface area contributed by atoms with Gasteiger partial charge in [-0.3, -0.25) is 14.4 Å². The molecule has 4 aromatic rings. The minimum Gasteiger partial charge on any atom is -0.478 e. The van der Waals surface area contributed by atoms with Crippen molar-refractivity contribution in [3.63, 3.8) is 0 Å². The molecule has 4 aromatic carbocycles. The first-order chi connectivity index (χ1) is 20.3. The molecule has 0 fully saturated rings. The Hall–Kier alpha value is -5.62. The SMILES string of the molecule is CC(=O)N(C(=O)c1ccccc1C(=O)O)c1ccc(N(C(=O)c2ccccc2C(=O)O)S(=O)(=O)c2ccc(C)cc2)cc1. The van der Waals surface area contributed by atoms with Crippen LogP contribution in [0.3, 0.4) is 0 Å². The second-order valence-corrected chi connectivity index (χ2v) is 11.1. The maximum Gasteiger partial charge on any atom is 0.336 e. The molecule has 0 saturated carbocycles. The molecule has 0 spiro atoms. The number of nitrogens with zero attached hydrogens (tertiary/aromatic N) is 2. The Labute approximate surface area is 246 Å². The Morgan fingerprint density at radius 2 is 1.00 bits per heavy atom. The van der Waals surface area contributed by atoms with E-state index >= 15 is 0 Å². The molecule has 43 heavy (non-hydrogen) atoms. The van der Waals surface area contributed by atoms with Crippen LogP contribution in [0.15, 0.2) is 102 Å². The summed E-state index contributed by atoms with van der Waals surface area (Å²) in [5.74, 6) is -5.66. The van der Waals surface area contributed by atoms with Crippen molar-refractivity contribution in [2.45, 2.75) is 18.7 Å². The zero-order chi connectivity index (χ0) is 31.5. The molecule has 11 nitrogen and oxygen atoms in total. The van der Waals surface area contributed by atoms with Gasteiger partial charge in [-0.25, -0.2) is 22.9 Å². The van der Waals surface area contributed by atoms with Gasteiger partial charge >= 0.3 is 11.9 Å². The molecule has 0 aromatic heterocycles. The molecule has 0 heterocycles. The van der Waals surface area contributed by atoms with E-state index in [-0.39, 0.29) is 33.0 Å². The number of carbonyl (C=O) groups is 5. The Morgan fingerprint density at radius 1 is 0.581 bits per heavy atom. The number of carboxylic acid groups (broad SMARTS) is 2. The largest absolute Gasteiger partial charge is 0.478 e. The van der Waals surface area contributed by atoms with Gasteiger partial charge in [-0.05, 0) is 67.6 Å².